The van der Waals surface area contributed by atoms with Gasteiger partial charge in [-0.05, 0) is 18.3 Å². The van der Waals surface area contributed by atoms with Gasteiger partial charge in [0.2, 0.25) is 5.91 Å². The van der Waals surface area contributed by atoms with Crippen LogP contribution in [-0.2, 0) is 15.0 Å². The molecule has 0 radical (unpaired) electrons. The Morgan fingerprint density at radius 1 is 1.22 bits per heavy atom. The first-order valence-electron chi connectivity index (χ1n) is 7.50. The predicted molar refractivity (Wildman–Crippen MR) is 77.5 cm³/mol. The van der Waals surface area contributed by atoms with Gasteiger partial charge in [0.05, 0.1) is 19.6 Å². The summed E-state index contributed by atoms with van der Waals surface area (Å²) in [6.45, 7) is 3.45. The van der Waals surface area contributed by atoms with Gasteiger partial charge in [0.15, 0.2) is 0 Å². The Labute approximate surface area is 134 Å². The minimum Gasteiger partial charge on any atom is -0.327 e. The average molecular weight is 357 g/mol. The summed E-state index contributed by atoms with van der Waals surface area (Å²) >= 11 is 0. The molecule has 0 bridgehead atoms. The molecular weight excluding hydrogens is 335 g/mol. The number of carbonyl (C=O) groups excluding carboxylic acids is 1. The first kappa shape index (κ1) is 18.5. The standard InChI is InChI=1S/C13H22F3N3O3S/c1-12(2)4-3-6-18(9-12)23(21,22)19-8-11(20)17(10-19)7-5-13(14,15)16/h3-10H2,1-2H3. The largest absolute Gasteiger partial charge is 0.390 e. The number of halogens is 3. The molecule has 0 saturated carbocycles. The molecule has 0 aromatic rings. The topological polar surface area (TPSA) is 60.9 Å². The van der Waals surface area contributed by atoms with Gasteiger partial charge in [-0.1, -0.05) is 13.8 Å². The van der Waals surface area contributed by atoms with Crippen LogP contribution in [0.3, 0.4) is 0 Å². The lowest BCUT2D eigenvalue weighted by atomic mass is 9.85. The lowest BCUT2D eigenvalue weighted by Crippen LogP contribution is -2.49. The highest BCUT2D eigenvalue weighted by molar-refractivity contribution is 7.86. The van der Waals surface area contributed by atoms with Crippen molar-refractivity contribution in [2.45, 2.75) is 39.3 Å². The summed E-state index contributed by atoms with van der Waals surface area (Å²) in [6, 6.07) is 0. The number of hydrogen-bond acceptors (Lipinski definition) is 3. The van der Waals surface area contributed by atoms with Crippen LogP contribution < -0.4 is 0 Å². The van der Waals surface area contributed by atoms with Crippen LogP contribution in [0.5, 0.6) is 0 Å². The SMILES string of the molecule is CC1(C)CCCN(S(=O)(=O)N2CC(=O)N(CCC(F)(F)F)C2)C1. The summed E-state index contributed by atoms with van der Waals surface area (Å²) in [5.74, 6) is -0.589. The second-order valence-corrected chi connectivity index (χ2v) is 8.81. The highest BCUT2D eigenvalue weighted by Crippen LogP contribution is 2.31. The van der Waals surface area contributed by atoms with Crippen LogP contribution in [0.15, 0.2) is 0 Å². The molecule has 2 rings (SSSR count). The first-order valence-corrected chi connectivity index (χ1v) is 8.90. The fourth-order valence-corrected chi connectivity index (χ4v) is 4.67. The number of carbonyl (C=O) groups is 1. The van der Waals surface area contributed by atoms with Crippen molar-refractivity contribution < 1.29 is 26.4 Å². The number of hydrogen-bond donors (Lipinski definition) is 0. The number of alkyl halides is 3. The molecule has 10 heteroatoms. The molecule has 0 aromatic heterocycles. The van der Waals surface area contributed by atoms with Crippen LogP contribution in [-0.4, -0.2) is 66.9 Å². The molecule has 0 atom stereocenters. The van der Waals surface area contributed by atoms with Crippen molar-refractivity contribution in [1.82, 2.24) is 13.5 Å². The zero-order chi connectivity index (χ0) is 17.5. The number of amides is 1. The van der Waals surface area contributed by atoms with Gasteiger partial charge in [-0.3, -0.25) is 4.79 Å². The van der Waals surface area contributed by atoms with Crippen molar-refractivity contribution in [2.75, 3.05) is 32.8 Å². The zero-order valence-corrected chi connectivity index (χ0v) is 14.1. The minimum absolute atomic E-state index is 0.148. The van der Waals surface area contributed by atoms with Gasteiger partial charge in [-0.15, -0.1) is 0 Å². The Morgan fingerprint density at radius 3 is 2.43 bits per heavy atom. The van der Waals surface area contributed by atoms with Gasteiger partial charge >= 0.3 is 6.18 Å². The maximum absolute atomic E-state index is 12.6. The van der Waals surface area contributed by atoms with E-state index in [1.165, 1.54) is 4.31 Å². The Hall–Kier alpha value is -0.870. The Balaban J connectivity index is 2.03. The highest BCUT2D eigenvalue weighted by atomic mass is 32.2. The maximum atomic E-state index is 12.6. The van der Waals surface area contributed by atoms with Crippen LogP contribution in [0.25, 0.3) is 0 Å². The number of nitrogens with zero attached hydrogens (tertiary/aromatic N) is 3. The number of piperidine rings is 1. The van der Waals surface area contributed by atoms with E-state index in [4.69, 9.17) is 0 Å². The molecule has 0 N–H and O–H groups in total. The minimum atomic E-state index is -4.37. The highest BCUT2D eigenvalue weighted by Gasteiger charge is 2.42. The third kappa shape index (κ3) is 4.57. The van der Waals surface area contributed by atoms with Gasteiger partial charge in [-0.25, -0.2) is 0 Å². The molecule has 23 heavy (non-hydrogen) atoms. The van der Waals surface area contributed by atoms with Crippen molar-refractivity contribution in [2.24, 2.45) is 5.41 Å². The van der Waals surface area contributed by atoms with Crippen molar-refractivity contribution in [3.63, 3.8) is 0 Å². The normalized spacial score (nSPS) is 24.4. The maximum Gasteiger partial charge on any atom is 0.390 e. The molecule has 0 aromatic carbocycles. The second kappa shape index (κ2) is 6.21. The first-order chi connectivity index (χ1) is 10.4. The van der Waals surface area contributed by atoms with Crippen LogP contribution in [0.1, 0.15) is 33.1 Å². The van der Waals surface area contributed by atoms with E-state index < -0.39 is 41.8 Å². The van der Waals surface area contributed by atoms with E-state index in [0.29, 0.717) is 13.1 Å². The van der Waals surface area contributed by atoms with Gasteiger partial charge in [0.25, 0.3) is 10.2 Å². The van der Waals surface area contributed by atoms with Crippen LogP contribution in [0.2, 0.25) is 0 Å². The van der Waals surface area contributed by atoms with E-state index in [0.717, 1.165) is 22.0 Å². The van der Waals surface area contributed by atoms with Gasteiger partial charge in [-0.2, -0.15) is 30.2 Å². The third-order valence-corrected chi connectivity index (χ3v) is 6.04. The summed E-state index contributed by atoms with van der Waals surface area (Å²) in [5.41, 5.74) is -0.148. The molecule has 134 valence electrons. The van der Waals surface area contributed by atoms with Crippen molar-refractivity contribution >= 4 is 16.1 Å². The molecule has 2 fully saturated rings. The second-order valence-electron chi connectivity index (χ2n) is 6.88. The van der Waals surface area contributed by atoms with E-state index in [9.17, 15) is 26.4 Å². The fourth-order valence-electron chi connectivity index (χ4n) is 2.91. The smallest absolute Gasteiger partial charge is 0.327 e. The molecule has 6 nitrogen and oxygen atoms in total. The van der Waals surface area contributed by atoms with Crippen molar-refractivity contribution in [1.29, 1.82) is 0 Å². The van der Waals surface area contributed by atoms with Gasteiger partial charge in [0.1, 0.15) is 0 Å². The molecule has 0 unspecified atom stereocenters. The lowest BCUT2D eigenvalue weighted by Gasteiger charge is -2.38. The van der Waals surface area contributed by atoms with Gasteiger partial charge in [0, 0.05) is 19.6 Å². The summed E-state index contributed by atoms with van der Waals surface area (Å²) in [4.78, 5) is 12.7. The molecule has 0 aliphatic carbocycles. The molecule has 0 spiro atoms. The molecule has 2 aliphatic rings. The lowest BCUT2D eigenvalue weighted by molar-refractivity contribution is -0.142. The quantitative estimate of drug-likeness (QED) is 0.764. The Bertz CT molecular complexity index is 563. The summed E-state index contributed by atoms with van der Waals surface area (Å²) in [5, 5.41) is 0. The molecular formula is C13H22F3N3O3S. The molecule has 2 heterocycles. The predicted octanol–water partition coefficient (Wildman–Crippen LogP) is 1.41. The van der Waals surface area contributed by atoms with E-state index in [2.05, 4.69) is 0 Å². The Morgan fingerprint density at radius 2 is 1.87 bits per heavy atom. The van der Waals surface area contributed by atoms with E-state index in [1.54, 1.807) is 0 Å². The number of rotatable bonds is 4. The summed E-state index contributed by atoms with van der Waals surface area (Å²) in [7, 11) is -3.83. The van der Waals surface area contributed by atoms with E-state index >= 15 is 0 Å². The molecule has 1 amide bonds. The summed E-state index contributed by atoms with van der Waals surface area (Å²) in [6.07, 6.45) is -3.87. The van der Waals surface area contributed by atoms with Crippen LogP contribution in [0, 0.1) is 5.41 Å². The van der Waals surface area contributed by atoms with Crippen LogP contribution >= 0.6 is 0 Å². The van der Waals surface area contributed by atoms with E-state index in [1.807, 2.05) is 13.8 Å². The van der Waals surface area contributed by atoms with Crippen LogP contribution in [0.4, 0.5) is 13.2 Å². The average Bonchev–Trinajstić information content (AvgIpc) is 2.76. The third-order valence-electron chi connectivity index (χ3n) is 4.18. The molecule has 2 saturated heterocycles. The van der Waals surface area contributed by atoms with Crippen molar-refractivity contribution in [3.8, 4) is 0 Å². The van der Waals surface area contributed by atoms with Crippen molar-refractivity contribution in [3.05, 3.63) is 0 Å². The zero-order valence-electron chi connectivity index (χ0n) is 13.3. The fraction of sp³-hybridized carbons (Fsp3) is 0.923. The van der Waals surface area contributed by atoms with Gasteiger partial charge < -0.3 is 4.90 Å². The van der Waals surface area contributed by atoms with E-state index in [-0.39, 0.29) is 12.1 Å². The molecule has 2 aliphatic heterocycles. The monoisotopic (exact) mass is 357 g/mol. The Kier molecular flexibility index (Phi) is 4.99. The summed E-state index contributed by atoms with van der Waals surface area (Å²) < 4.78 is 64.3.